The average Bonchev–Trinajstić information content (AvgIpc) is 1.73. The quantitative estimate of drug-likeness (QED) is 0.484. The van der Waals surface area contributed by atoms with Crippen LogP contribution in [0.25, 0.3) is 0 Å². The molecule has 0 bridgehead atoms. The van der Waals surface area contributed by atoms with E-state index in [9.17, 15) is 30.0 Å². The molecule has 0 aromatic carbocycles. The molecule has 0 saturated carbocycles. The first-order valence-corrected chi connectivity index (χ1v) is 6.68. The number of primary amides is 1. The van der Waals surface area contributed by atoms with Crippen molar-refractivity contribution in [1.29, 1.82) is 0 Å². The molecule has 88 valence electrons. The van der Waals surface area contributed by atoms with Crippen molar-refractivity contribution in [1.82, 2.24) is 8.85 Å². The highest BCUT2D eigenvalue weighted by molar-refractivity contribution is 8.04. The highest BCUT2D eigenvalue weighted by Crippen LogP contribution is 1.88. The van der Waals surface area contributed by atoms with Gasteiger partial charge in [0, 0.05) is 0 Å². The van der Waals surface area contributed by atoms with E-state index in [1.165, 1.54) is 0 Å². The molecular weight excluding hydrogens is 276 g/mol. The smallest absolute Gasteiger partial charge is 0.348 e. The second-order valence-electron chi connectivity index (χ2n) is 1.82. The number of hydrogen-bond donors (Lipinski definition) is 3. The van der Waals surface area contributed by atoms with E-state index in [1.54, 1.807) is 0 Å². The molecular formula is CH4N4O7S3. The summed E-state index contributed by atoms with van der Waals surface area (Å²) in [6.45, 7) is 0. The summed E-state index contributed by atoms with van der Waals surface area (Å²) in [5.74, 6) is 0. The monoisotopic (exact) mass is 280 g/mol. The first-order chi connectivity index (χ1) is 6.54. The van der Waals surface area contributed by atoms with E-state index >= 15 is 0 Å². The Balaban J connectivity index is 5.07. The van der Waals surface area contributed by atoms with Crippen LogP contribution in [0.1, 0.15) is 0 Å². The number of nitrogens with zero attached hydrogens (tertiary/aromatic N) is 1. The lowest BCUT2D eigenvalue weighted by Gasteiger charge is -2.01. The zero-order chi connectivity index (χ0) is 12.3. The highest BCUT2D eigenvalue weighted by Gasteiger charge is 2.21. The molecule has 0 aliphatic rings. The van der Waals surface area contributed by atoms with Crippen molar-refractivity contribution in [3.05, 3.63) is 0 Å². The number of urea groups is 1. The third-order valence-corrected chi connectivity index (χ3v) is 4.07. The minimum atomic E-state index is -4.98. The van der Waals surface area contributed by atoms with E-state index in [4.69, 9.17) is 0 Å². The summed E-state index contributed by atoms with van der Waals surface area (Å²) in [6.07, 6.45) is 0. The fraction of sp³-hybridized carbons (Fsp3) is 0. The number of hydrogen-bond acceptors (Lipinski definition) is 7. The van der Waals surface area contributed by atoms with Crippen LogP contribution in [0.5, 0.6) is 0 Å². The van der Waals surface area contributed by atoms with Crippen molar-refractivity contribution < 1.29 is 30.0 Å². The van der Waals surface area contributed by atoms with E-state index in [0.717, 1.165) is 8.85 Å². The van der Waals surface area contributed by atoms with Crippen LogP contribution < -0.4 is 14.6 Å². The largest absolute Gasteiger partial charge is 0.351 e. The van der Waals surface area contributed by atoms with Crippen LogP contribution in [0, 0.1) is 0 Å². The Morgan fingerprint density at radius 1 is 1.20 bits per heavy atom. The minimum Gasteiger partial charge on any atom is -0.351 e. The number of amides is 2. The van der Waals surface area contributed by atoms with E-state index in [2.05, 4.69) is 5.73 Å². The molecule has 0 aromatic heterocycles. The van der Waals surface area contributed by atoms with Crippen molar-refractivity contribution in [3.8, 4) is 0 Å². The van der Waals surface area contributed by atoms with Gasteiger partial charge in [0.1, 0.15) is 0 Å². The molecule has 0 aliphatic heterocycles. The van der Waals surface area contributed by atoms with E-state index in [1.807, 2.05) is 3.77 Å². The fourth-order valence-electron chi connectivity index (χ4n) is 0.387. The van der Waals surface area contributed by atoms with Gasteiger partial charge in [-0.15, -0.1) is 0 Å². The lowest BCUT2D eigenvalue weighted by atomic mass is 11.2. The lowest BCUT2D eigenvalue weighted by molar-refractivity contribution is 0.253. The van der Waals surface area contributed by atoms with Crippen molar-refractivity contribution >= 4 is 37.0 Å². The predicted octanol–water partition coefficient (Wildman–Crippen LogP) is -3.20. The first-order valence-electron chi connectivity index (χ1n) is 2.72. The zero-order valence-electron chi connectivity index (χ0n) is 6.61. The first kappa shape index (κ1) is 13.8. The molecule has 0 spiro atoms. The summed E-state index contributed by atoms with van der Waals surface area (Å²) in [5.41, 5.74) is 4.38. The van der Waals surface area contributed by atoms with Gasteiger partial charge in [-0.1, -0.05) is 4.13 Å². The maximum absolute atomic E-state index is 10.7. The van der Waals surface area contributed by atoms with Gasteiger partial charge in [0.05, 0.1) is 0 Å². The third-order valence-electron chi connectivity index (χ3n) is 0.609. The summed E-state index contributed by atoms with van der Waals surface area (Å²) in [6, 6.07) is -1.55. The van der Waals surface area contributed by atoms with Gasteiger partial charge in [0.15, 0.2) is 0 Å². The standard InChI is InChI=1S/CH4N4O7S3/c2-1(6)3-14(9,10)5-15(11,12)4-13(7)8/h5H,(H3,2,3,6). The van der Waals surface area contributed by atoms with Crippen LogP contribution in [0.15, 0.2) is 3.77 Å². The number of rotatable bonds is 4. The normalized spacial score (nSPS) is 11.7. The Bertz CT molecular complexity index is 570. The van der Waals surface area contributed by atoms with Crippen molar-refractivity contribution in [3.63, 3.8) is 0 Å². The number of carbonyl (C=O) groups is 1. The minimum absolute atomic E-state index is 0.768. The van der Waals surface area contributed by atoms with E-state index in [-0.39, 0.29) is 0 Å². The summed E-state index contributed by atoms with van der Waals surface area (Å²) in [5, 5.41) is 0. The fourth-order valence-corrected chi connectivity index (χ4v) is 2.96. The molecule has 0 heterocycles. The Kier molecular flexibility index (Phi) is 4.14. The number of carbonyl (C=O) groups excluding carboxylic acids is 1. The molecule has 0 unspecified atom stereocenters. The van der Waals surface area contributed by atoms with Gasteiger partial charge in [-0.05, 0) is 3.77 Å². The Hall–Kier alpha value is -1.25. The SMILES string of the molecule is NC(=O)NS(=O)(=O)NS(=O)(=O)N=S(=O)=O. The highest BCUT2D eigenvalue weighted by atomic mass is 32.3. The van der Waals surface area contributed by atoms with Gasteiger partial charge in [0.2, 0.25) is 0 Å². The lowest BCUT2D eigenvalue weighted by Crippen LogP contribution is -2.44. The Morgan fingerprint density at radius 2 is 1.67 bits per heavy atom. The second-order valence-corrected chi connectivity index (χ2v) is 5.68. The summed E-state index contributed by atoms with van der Waals surface area (Å²) < 4.78 is 66.0. The van der Waals surface area contributed by atoms with Crippen LogP contribution in [0.3, 0.4) is 0 Å². The number of nitrogens with two attached hydrogens (primary N) is 1. The van der Waals surface area contributed by atoms with Gasteiger partial charge in [-0.3, -0.25) is 0 Å². The van der Waals surface area contributed by atoms with Gasteiger partial charge in [0.25, 0.3) is 0 Å². The van der Waals surface area contributed by atoms with Crippen molar-refractivity contribution in [2.24, 2.45) is 9.50 Å². The predicted molar refractivity (Wildman–Crippen MR) is 45.0 cm³/mol. The van der Waals surface area contributed by atoms with Crippen LogP contribution in [-0.2, 0) is 30.9 Å². The molecule has 2 amide bonds. The molecule has 0 atom stereocenters. The van der Waals surface area contributed by atoms with Crippen molar-refractivity contribution in [2.45, 2.75) is 0 Å². The Labute approximate surface area is 85.7 Å². The third kappa shape index (κ3) is 6.77. The molecule has 14 heteroatoms. The molecule has 0 saturated heterocycles. The molecule has 0 aliphatic carbocycles. The summed E-state index contributed by atoms with van der Waals surface area (Å²) >= 11 is 0. The van der Waals surface area contributed by atoms with Gasteiger partial charge in [-0.2, -0.15) is 25.3 Å². The Morgan fingerprint density at radius 3 is 2.00 bits per heavy atom. The van der Waals surface area contributed by atoms with Crippen LogP contribution in [0.2, 0.25) is 0 Å². The topological polar surface area (TPSA) is 182 Å². The molecule has 0 fully saturated rings. The van der Waals surface area contributed by atoms with E-state index < -0.39 is 37.0 Å². The molecule has 11 nitrogen and oxygen atoms in total. The van der Waals surface area contributed by atoms with Crippen molar-refractivity contribution in [2.75, 3.05) is 0 Å². The average molecular weight is 280 g/mol. The van der Waals surface area contributed by atoms with Crippen LogP contribution in [-0.4, -0.2) is 31.3 Å². The van der Waals surface area contributed by atoms with Crippen LogP contribution in [0.4, 0.5) is 4.79 Å². The molecule has 4 N–H and O–H groups in total. The summed E-state index contributed by atoms with van der Waals surface area (Å²) in [7, 11) is -13.2. The summed E-state index contributed by atoms with van der Waals surface area (Å²) in [4.78, 5) is 10.1. The van der Waals surface area contributed by atoms with Gasteiger partial charge < -0.3 is 5.73 Å². The molecule has 0 radical (unpaired) electrons. The second kappa shape index (κ2) is 4.51. The maximum atomic E-state index is 10.7. The van der Waals surface area contributed by atoms with Gasteiger partial charge >= 0.3 is 37.0 Å². The van der Waals surface area contributed by atoms with E-state index in [0.29, 0.717) is 0 Å². The van der Waals surface area contributed by atoms with Crippen LogP contribution >= 0.6 is 0 Å². The molecule has 0 rings (SSSR count). The molecule has 0 aromatic rings. The zero-order valence-corrected chi connectivity index (χ0v) is 9.06. The molecule has 15 heavy (non-hydrogen) atoms. The van der Waals surface area contributed by atoms with Gasteiger partial charge in [-0.25, -0.2) is 9.52 Å². The number of nitrogens with one attached hydrogen (secondary N) is 2. The maximum Gasteiger partial charge on any atom is 0.348 e.